The molecule has 1 saturated carbocycles. The van der Waals surface area contributed by atoms with Gasteiger partial charge >= 0.3 is 0 Å². The predicted molar refractivity (Wildman–Crippen MR) is 74.3 cm³/mol. The number of nitrogens with one attached hydrogen (secondary N) is 1. The van der Waals surface area contributed by atoms with Gasteiger partial charge in [-0.2, -0.15) is 0 Å². The molecule has 1 unspecified atom stereocenters. The Labute approximate surface area is 110 Å². The van der Waals surface area contributed by atoms with Crippen molar-refractivity contribution in [3.8, 4) is 0 Å². The van der Waals surface area contributed by atoms with E-state index in [1.165, 1.54) is 50.5 Å². The molecule has 3 nitrogen and oxygen atoms in total. The third-order valence-electron chi connectivity index (χ3n) is 3.96. The first-order valence-corrected chi connectivity index (χ1v) is 7.38. The van der Waals surface area contributed by atoms with Crippen molar-refractivity contribution in [1.82, 2.24) is 15.3 Å². The lowest BCUT2D eigenvalue weighted by atomic mass is 9.96. The minimum Gasteiger partial charge on any atom is -0.310 e. The van der Waals surface area contributed by atoms with Crippen molar-refractivity contribution in [2.75, 3.05) is 6.54 Å². The lowest BCUT2D eigenvalue weighted by molar-refractivity contribution is 0.410. The van der Waals surface area contributed by atoms with Crippen LogP contribution in [0.5, 0.6) is 0 Å². The van der Waals surface area contributed by atoms with Gasteiger partial charge in [0.1, 0.15) is 6.33 Å². The van der Waals surface area contributed by atoms with Gasteiger partial charge in [0.2, 0.25) is 0 Å². The van der Waals surface area contributed by atoms with Crippen LogP contribution in [-0.4, -0.2) is 16.5 Å². The highest BCUT2D eigenvalue weighted by Crippen LogP contribution is 2.31. The lowest BCUT2D eigenvalue weighted by Gasteiger charge is -2.20. The molecule has 0 radical (unpaired) electrons. The van der Waals surface area contributed by atoms with E-state index >= 15 is 0 Å². The van der Waals surface area contributed by atoms with Crippen LogP contribution in [0.4, 0.5) is 0 Å². The van der Waals surface area contributed by atoms with E-state index in [0.29, 0.717) is 6.04 Å². The zero-order valence-electron chi connectivity index (χ0n) is 11.4. The van der Waals surface area contributed by atoms with Crippen molar-refractivity contribution in [2.45, 2.75) is 57.9 Å². The summed E-state index contributed by atoms with van der Waals surface area (Å²) in [6, 6.07) is 0.437. The second kappa shape index (κ2) is 7.47. The third-order valence-corrected chi connectivity index (χ3v) is 3.96. The van der Waals surface area contributed by atoms with Crippen LogP contribution in [0.25, 0.3) is 0 Å². The van der Waals surface area contributed by atoms with Gasteiger partial charge in [-0.25, -0.2) is 9.97 Å². The second-order valence-corrected chi connectivity index (χ2v) is 5.41. The van der Waals surface area contributed by atoms with E-state index < -0.39 is 0 Å². The van der Waals surface area contributed by atoms with Gasteiger partial charge in [-0.1, -0.05) is 32.6 Å². The molecular formula is C15H25N3. The average Bonchev–Trinajstić information content (AvgIpc) is 2.93. The van der Waals surface area contributed by atoms with E-state index in [2.05, 4.69) is 22.2 Å². The molecule has 1 N–H and O–H groups in total. The summed E-state index contributed by atoms with van der Waals surface area (Å²) in [4.78, 5) is 8.28. The first-order valence-electron chi connectivity index (χ1n) is 7.38. The van der Waals surface area contributed by atoms with E-state index in [-0.39, 0.29) is 0 Å². The monoisotopic (exact) mass is 247 g/mol. The average molecular weight is 247 g/mol. The first-order chi connectivity index (χ1) is 8.90. The van der Waals surface area contributed by atoms with E-state index in [1.54, 1.807) is 6.33 Å². The summed E-state index contributed by atoms with van der Waals surface area (Å²) < 4.78 is 0. The van der Waals surface area contributed by atoms with Crippen molar-refractivity contribution in [3.05, 3.63) is 24.3 Å². The largest absolute Gasteiger partial charge is 0.310 e. The minimum atomic E-state index is 0.437. The molecule has 100 valence electrons. The highest BCUT2D eigenvalue weighted by Gasteiger charge is 2.18. The third kappa shape index (κ3) is 4.05. The molecule has 0 saturated heterocycles. The van der Waals surface area contributed by atoms with Crippen LogP contribution < -0.4 is 5.32 Å². The molecule has 1 heterocycles. The van der Waals surface area contributed by atoms with Gasteiger partial charge in [-0.15, -0.1) is 0 Å². The smallest absolute Gasteiger partial charge is 0.115 e. The van der Waals surface area contributed by atoms with Crippen LogP contribution in [0.3, 0.4) is 0 Å². The van der Waals surface area contributed by atoms with Crippen molar-refractivity contribution in [1.29, 1.82) is 0 Å². The fourth-order valence-electron chi connectivity index (χ4n) is 2.90. The van der Waals surface area contributed by atoms with Gasteiger partial charge in [0.05, 0.1) is 0 Å². The molecule has 1 aromatic heterocycles. The molecule has 0 bridgehead atoms. The quantitative estimate of drug-likeness (QED) is 0.801. The highest BCUT2D eigenvalue weighted by atomic mass is 14.9. The molecule has 1 aliphatic carbocycles. The van der Waals surface area contributed by atoms with Crippen LogP contribution in [0.2, 0.25) is 0 Å². The van der Waals surface area contributed by atoms with Crippen LogP contribution in [-0.2, 0) is 0 Å². The normalized spacial score (nSPS) is 18.1. The maximum atomic E-state index is 4.14. The van der Waals surface area contributed by atoms with Crippen molar-refractivity contribution in [2.24, 2.45) is 5.92 Å². The Morgan fingerprint density at radius 2 is 2.00 bits per heavy atom. The van der Waals surface area contributed by atoms with Gasteiger partial charge in [0.25, 0.3) is 0 Å². The van der Waals surface area contributed by atoms with Crippen molar-refractivity contribution < 1.29 is 0 Å². The van der Waals surface area contributed by atoms with E-state index in [9.17, 15) is 0 Å². The summed E-state index contributed by atoms with van der Waals surface area (Å²) in [5.74, 6) is 0.959. The maximum Gasteiger partial charge on any atom is 0.115 e. The first kappa shape index (κ1) is 13.5. The topological polar surface area (TPSA) is 37.8 Å². The molecule has 1 atom stereocenters. The van der Waals surface area contributed by atoms with E-state index in [1.807, 2.05) is 12.4 Å². The van der Waals surface area contributed by atoms with E-state index in [4.69, 9.17) is 0 Å². The number of aromatic nitrogens is 2. The Kier molecular flexibility index (Phi) is 5.59. The summed E-state index contributed by atoms with van der Waals surface area (Å²) in [7, 11) is 0. The van der Waals surface area contributed by atoms with Crippen molar-refractivity contribution >= 4 is 0 Å². The summed E-state index contributed by atoms with van der Waals surface area (Å²) >= 11 is 0. The van der Waals surface area contributed by atoms with Gasteiger partial charge in [-0.05, 0) is 31.7 Å². The standard InChI is InChI=1S/C15H25N3/c1-2-9-18-15(14-10-16-12-17-11-14)8-7-13-5-3-4-6-13/h10-13,15,18H,2-9H2,1H3. The predicted octanol–water partition coefficient (Wildman–Crippen LogP) is 3.49. The molecule has 2 rings (SSSR count). The highest BCUT2D eigenvalue weighted by molar-refractivity contribution is 5.09. The van der Waals surface area contributed by atoms with Crippen molar-refractivity contribution in [3.63, 3.8) is 0 Å². The number of hydrogen-bond donors (Lipinski definition) is 1. The summed E-state index contributed by atoms with van der Waals surface area (Å²) in [6.07, 6.45) is 15.0. The van der Waals surface area contributed by atoms with E-state index in [0.717, 1.165) is 12.5 Å². The minimum absolute atomic E-state index is 0.437. The molecule has 0 spiro atoms. The Morgan fingerprint density at radius 1 is 1.28 bits per heavy atom. The Hall–Kier alpha value is -0.960. The fraction of sp³-hybridized carbons (Fsp3) is 0.733. The van der Waals surface area contributed by atoms with Gasteiger partial charge in [0, 0.05) is 24.0 Å². The van der Waals surface area contributed by atoms with Crippen LogP contribution in [0.15, 0.2) is 18.7 Å². The number of rotatable bonds is 7. The fourth-order valence-corrected chi connectivity index (χ4v) is 2.90. The number of hydrogen-bond acceptors (Lipinski definition) is 3. The Balaban J connectivity index is 1.87. The molecule has 1 fully saturated rings. The SMILES string of the molecule is CCCNC(CCC1CCCC1)c1cncnc1. The molecule has 1 aromatic rings. The van der Waals surface area contributed by atoms with Crippen LogP contribution >= 0.6 is 0 Å². The molecular weight excluding hydrogens is 222 g/mol. The molecule has 18 heavy (non-hydrogen) atoms. The zero-order valence-corrected chi connectivity index (χ0v) is 11.4. The molecule has 1 aliphatic rings. The molecule has 0 aliphatic heterocycles. The second-order valence-electron chi connectivity index (χ2n) is 5.41. The summed E-state index contributed by atoms with van der Waals surface area (Å²) in [5, 5.41) is 3.63. The van der Waals surface area contributed by atoms with Crippen LogP contribution in [0.1, 0.15) is 63.5 Å². The maximum absolute atomic E-state index is 4.14. The molecule has 0 amide bonds. The van der Waals surface area contributed by atoms with Gasteiger partial charge < -0.3 is 5.32 Å². The van der Waals surface area contributed by atoms with Gasteiger partial charge in [0.15, 0.2) is 0 Å². The summed E-state index contributed by atoms with van der Waals surface area (Å²) in [5.41, 5.74) is 1.24. The van der Waals surface area contributed by atoms with Crippen LogP contribution in [0, 0.1) is 5.92 Å². The molecule has 3 heteroatoms. The lowest BCUT2D eigenvalue weighted by Crippen LogP contribution is -2.23. The van der Waals surface area contributed by atoms with Gasteiger partial charge in [-0.3, -0.25) is 0 Å². The Morgan fingerprint density at radius 3 is 2.67 bits per heavy atom. The number of nitrogens with zero attached hydrogens (tertiary/aromatic N) is 2. The Bertz CT molecular complexity index is 320. The summed E-state index contributed by atoms with van der Waals surface area (Å²) in [6.45, 7) is 3.28. The zero-order chi connectivity index (χ0) is 12.6. The molecule has 0 aromatic carbocycles.